The first kappa shape index (κ1) is 16.1. The van der Waals surface area contributed by atoms with E-state index in [0.29, 0.717) is 6.29 Å². The zero-order valence-electron chi connectivity index (χ0n) is 12.3. The molecule has 0 bridgehead atoms. The van der Waals surface area contributed by atoms with Gasteiger partial charge in [0, 0.05) is 4.91 Å². The van der Waals surface area contributed by atoms with Crippen LogP contribution in [-0.2, 0) is 11.3 Å². The quantitative estimate of drug-likeness (QED) is 0.266. The normalized spacial score (nSPS) is 9.61. The second kappa shape index (κ2) is 7.63. The van der Waals surface area contributed by atoms with E-state index in [4.69, 9.17) is 10.3 Å². The van der Waals surface area contributed by atoms with Crippen molar-refractivity contribution < 1.29 is 19.1 Å². The Morgan fingerprint density at radius 2 is 2.04 bits per heavy atom. The molecule has 0 aliphatic carbocycles. The lowest BCUT2D eigenvalue weighted by Gasteiger charge is -2.11. The van der Waals surface area contributed by atoms with Crippen LogP contribution in [-0.4, -0.2) is 19.4 Å². The Kier molecular flexibility index (Phi) is 5.33. The number of carbonyl (C=O) groups excluding carboxylic acids is 2. The van der Waals surface area contributed by atoms with Crippen molar-refractivity contribution in [3.8, 4) is 5.75 Å². The summed E-state index contributed by atoms with van der Waals surface area (Å²) in [6.07, 6.45) is 0.562. The number of hydrogen-bond acceptors (Lipinski definition) is 5. The molecule has 0 atom stereocenters. The van der Waals surface area contributed by atoms with Gasteiger partial charge in [-0.1, -0.05) is 35.4 Å². The van der Waals surface area contributed by atoms with Crippen molar-refractivity contribution in [2.45, 2.75) is 6.61 Å². The third-order valence-corrected chi connectivity index (χ3v) is 3.05. The first-order chi connectivity index (χ1) is 11.2. The lowest BCUT2D eigenvalue weighted by Crippen LogP contribution is -2.05. The second-order valence-corrected chi connectivity index (χ2v) is 4.48. The van der Waals surface area contributed by atoms with E-state index in [0.717, 1.165) is 5.56 Å². The molecule has 0 saturated carbocycles. The van der Waals surface area contributed by atoms with Gasteiger partial charge in [-0.3, -0.25) is 4.79 Å². The van der Waals surface area contributed by atoms with Crippen molar-refractivity contribution in [1.82, 2.24) is 0 Å². The van der Waals surface area contributed by atoms with Gasteiger partial charge in [-0.05, 0) is 23.2 Å². The minimum Gasteiger partial charge on any atom is -0.488 e. The van der Waals surface area contributed by atoms with E-state index >= 15 is 0 Å². The second-order valence-electron chi connectivity index (χ2n) is 4.48. The Morgan fingerprint density at radius 1 is 1.30 bits per heavy atom. The van der Waals surface area contributed by atoms with E-state index in [1.807, 2.05) is 30.3 Å². The Bertz CT molecular complexity index is 768. The molecule has 0 unspecified atom stereocenters. The summed E-state index contributed by atoms with van der Waals surface area (Å²) in [4.78, 5) is 25.6. The van der Waals surface area contributed by atoms with Crippen LogP contribution in [0.2, 0.25) is 0 Å². The van der Waals surface area contributed by atoms with Crippen LogP contribution in [0.15, 0.2) is 47.6 Å². The van der Waals surface area contributed by atoms with Gasteiger partial charge in [0.1, 0.15) is 12.4 Å². The van der Waals surface area contributed by atoms with Crippen LogP contribution in [0.25, 0.3) is 10.4 Å². The SMILES string of the molecule is COC(=O)c1cc(C=O)c(OCc2ccccc2)cc1N=[N+]=[N-]. The predicted molar refractivity (Wildman–Crippen MR) is 82.7 cm³/mol. The Hall–Kier alpha value is -3.31. The minimum atomic E-state index is -0.704. The highest BCUT2D eigenvalue weighted by Crippen LogP contribution is 2.30. The Labute approximate surface area is 132 Å². The number of ether oxygens (including phenoxy) is 2. The van der Waals surface area contributed by atoms with E-state index in [-0.39, 0.29) is 29.2 Å². The van der Waals surface area contributed by atoms with Gasteiger partial charge < -0.3 is 9.47 Å². The van der Waals surface area contributed by atoms with Crippen molar-refractivity contribution >= 4 is 17.9 Å². The molecule has 0 radical (unpaired) electrons. The molecule has 0 fully saturated rings. The van der Waals surface area contributed by atoms with E-state index in [1.54, 1.807) is 0 Å². The molecule has 7 heteroatoms. The first-order valence-corrected chi connectivity index (χ1v) is 6.63. The molecule has 2 aromatic carbocycles. The molecule has 0 aromatic heterocycles. The van der Waals surface area contributed by atoms with Crippen LogP contribution in [0, 0.1) is 0 Å². The van der Waals surface area contributed by atoms with Gasteiger partial charge >= 0.3 is 5.97 Å². The Balaban J connectivity index is 2.38. The average Bonchev–Trinajstić information content (AvgIpc) is 2.60. The summed E-state index contributed by atoms with van der Waals surface area (Å²) in [5.74, 6) is -0.482. The molecule has 2 rings (SSSR count). The van der Waals surface area contributed by atoms with E-state index in [2.05, 4.69) is 14.8 Å². The largest absolute Gasteiger partial charge is 0.488 e. The van der Waals surface area contributed by atoms with Gasteiger partial charge in [0.15, 0.2) is 6.29 Å². The number of aldehydes is 1. The number of hydrogen-bond donors (Lipinski definition) is 0. The number of nitrogens with zero attached hydrogens (tertiary/aromatic N) is 3. The summed E-state index contributed by atoms with van der Waals surface area (Å²) in [7, 11) is 1.20. The van der Waals surface area contributed by atoms with Gasteiger partial charge in [0.2, 0.25) is 0 Å². The number of methoxy groups -OCH3 is 1. The molecule has 0 aliphatic rings. The lowest BCUT2D eigenvalue weighted by molar-refractivity contribution is 0.0601. The number of esters is 1. The maximum absolute atomic E-state index is 11.7. The maximum atomic E-state index is 11.7. The highest BCUT2D eigenvalue weighted by atomic mass is 16.5. The average molecular weight is 311 g/mol. The van der Waals surface area contributed by atoms with Gasteiger partial charge in [0.05, 0.1) is 23.9 Å². The smallest absolute Gasteiger partial charge is 0.338 e. The molecule has 0 spiro atoms. The summed E-state index contributed by atoms with van der Waals surface area (Å²) < 4.78 is 10.2. The van der Waals surface area contributed by atoms with Crippen molar-refractivity contribution in [3.05, 3.63) is 69.6 Å². The van der Waals surface area contributed by atoms with Crippen molar-refractivity contribution in [3.63, 3.8) is 0 Å². The fraction of sp³-hybridized carbons (Fsp3) is 0.125. The zero-order chi connectivity index (χ0) is 16.7. The van der Waals surface area contributed by atoms with Crippen LogP contribution < -0.4 is 4.74 Å². The summed E-state index contributed by atoms with van der Waals surface area (Å²) >= 11 is 0. The molecule has 23 heavy (non-hydrogen) atoms. The summed E-state index contributed by atoms with van der Waals surface area (Å²) in [6, 6.07) is 12.0. The predicted octanol–water partition coefficient (Wildman–Crippen LogP) is 3.81. The van der Waals surface area contributed by atoms with Crippen LogP contribution >= 0.6 is 0 Å². The third kappa shape index (κ3) is 3.87. The monoisotopic (exact) mass is 311 g/mol. The highest BCUT2D eigenvalue weighted by Gasteiger charge is 2.16. The van der Waals surface area contributed by atoms with Crippen LogP contribution in [0.3, 0.4) is 0 Å². The van der Waals surface area contributed by atoms with Gasteiger partial charge in [0.25, 0.3) is 0 Å². The van der Waals surface area contributed by atoms with Gasteiger partial charge in [-0.15, -0.1) is 0 Å². The molecule has 0 saturated heterocycles. The molecule has 0 N–H and O–H groups in total. The number of azide groups is 1. The molecule has 116 valence electrons. The van der Waals surface area contributed by atoms with E-state index in [9.17, 15) is 9.59 Å². The standard InChI is InChI=1S/C16H13N3O4/c1-22-16(21)13-7-12(9-20)15(8-14(13)18-19-17)23-10-11-5-3-2-4-6-11/h2-9H,10H2,1H3. The summed E-state index contributed by atoms with van der Waals surface area (Å²) in [6.45, 7) is 0.231. The van der Waals surface area contributed by atoms with E-state index < -0.39 is 5.97 Å². The fourth-order valence-electron chi connectivity index (χ4n) is 1.94. The fourth-order valence-corrected chi connectivity index (χ4v) is 1.94. The first-order valence-electron chi connectivity index (χ1n) is 6.63. The highest BCUT2D eigenvalue weighted by molar-refractivity contribution is 5.98. The number of benzene rings is 2. The summed E-state index contributed by atoms with van der Waals surface area (Å²) in [5, 5.41) is 3.45. The zero-order valence-corrected chi connectivity index (χ0v) is 12.3. The van der Waals surface area contributed by atoms with Crippen molar-refractivity contribution in [2.24, 2.45) is 5.11 Å². The molecular formula is C16H13N3O4. The van der Waals surface area contributed by atoms with Gasteiger partial charge in [-0.2, -0.15) is 0 Å². The molecular weight excluding hydrogens is 298 g/mol. The van der Waals surface area contributed by atoms with E-state index in [1.165, 1.54) is 19.2 Å². The van der Waals surface area contributed by atoms with Crippen molar-refractivity contribution in [2.75, 3.05) is 7.11 Å². The number of rotatable bonds is 6. The van der Waals surface area contributed by atoms with Crippen molar-refractivity contribution in [1.29, 1.82) is 0 Å². The topological polar surface area (TPSA) is 101 Å². The maximum Gasteiger partial charge on any atom is 0.338 e. The minimum absolute atomic E-state index is 0.000499. The molecule has 0 heterocycles. The van der Waals surface area contributed by atoms with Gasteiger partial charge in [-0.25, -0.2) is 4.79 Å². The van der Waals surface area contributed by atoms with Crippen LogP contribution in [0.1, 0.15) is 26.3 Å². The Morgan fingerprint density at radius 3 is 2.65 bits per heavy atom. The molecule has 0 amide bonds. The van der Waals surface area contributed by atoms with Crippen LogP contribution in [0.5, 0.6) is 5.75 Å². The lowest BCUT2D eigenvalue weighted by atomic mass is 10.1. The molecule has 7 nitrogen and oxygen atoms in total. The third-order valence-electron chi connectivity index (χ3n) is 3.05. The number of carbonyl (C=O) groups is 2. The molecule has 2 aromatic rings. The summed E-state index contributed by atoms with van der Waals surface area (Å²) in [5.41, 5.74) is 9.73. The van der Waals surface area contributed by atoms with Crippen LogP contribution in [0.4, 0.5) is 5.69 Å². The molecule has 0 aliphatic heterocycles.